The van der Waals surface area contributed by atoms with E-state index in [0.717, 1.165) is 19.3 Å². The van der Waals surface area contributed by atoms with Crippen molar-refractivity contribution in [1.82, 2.24) is 16.0 Å². The Morgan fingerprint density at radius 2 is 1.79 bits per heavy atom. The molecule has 0 aromatic carbocycles. The van der Waals surface area contributed by atoms with Crippen molar-refractivity contribution in [1.29, 1.82) is 0 Å². The Hall–Kier alpha value is -2.32. The van der Waals surface area contributed by atoms with E-state index in [4.69, 9.17) is 9.47 Å². The molecule has 1 aliphatic carbocycles. The van der Waals surface area contributed by atoms with Crippen LogP contribution in [0.25, 0.3) is 0 Å². The van der Waals surface area contributed by atoms with Gasteiger partial charge in [0.1, 0.15) is 17.7 Å². The summed E-state index contributed by atoms with van der Waals surface area (Å²) in [6.07, 6.45) is 3.67. The van der Waals surface area contributed by atoms with Crippen molar-refractivity contribution >= 4 is 23.9 Å². The molecule has 0 spiro atoms. The van der Waals surface area contributed by atoms with Gasteiger partial charge in [0, 0.05) is 12.5 Å². The Kier molecular flexibility index (Phi) is 7.87. The highest BCUT2D eigenvalue weighted by Gasteiger charge is 2.35. The van der Waals surface area contributed by atoms with Crippen molar-refractivity contribution in [3.8, 4) is 0 Å². The lowest BCUT2D eigenvalue weighted by Gasteiger charge is -2.31. The van der Waals surface area contributed by atoms with Crippen LogP contribution in [0.1, 0.15) is 59.3 Å². The molecule has 3 N–H and O–H groups in total. The number of nitrogens with one attached hydrogen (secondary N) is 3. The molecule has 2 aliphatic rings. The predicted molar refractivity (Wildman–Crippen MR) is 105 cm³/mol. The Bertz CT molecular complexity index is 626. The fraction of sp³-hybridized carbons (Fsp3) is 0.800. The van der Waals surface area contributed by atoms with Crippen LogP contribution in [0.3, 0.4) is 0 Å². The van der Waals surface area contributed by atoms with E-state index >= 15 is 0 Å². The summed E-state index contributed by atoms with van der Waals surface area (Å²) >= 11 is 0. The molecule has 1 aliphatic heterocycles. The van der Waals surface area contributed by atoms with Gasteiger partial charge in [0.25, 0.3) is 0 Å². The monoisotopic (exact) mass is 411 g/mol. The Morgan fingerprint density at radius 3 is 2.28 bits per heavy atom. The van der Waals surface area contributed by atoms with Crippen molar-refractivity contribution in [2.75, 3.05) is 13.7 Å². The zero-order valence-electron chi connectivity index (χ0n) is 17.7. The molecule has 29 heavy (non-hydrogen) atoms. The normalized spacial score (nSPS) is 21.4. The second-order valence-corrected chi connectivity index (χ2v) is 8.83. The van der Waals surface area contributed by atoms with Crippen LogP contribution < -0.4 is 16.0 Å². The van der Waals surface area contributed by atoms with Crippen molar-refractivity contribution < 1.29 is 28.7 Å². The summed E-state index contributed by atoms with van der Waals surface area (Å²) in [6, 6.07) is -1.77. The number of alkyl carbamates (subject to hydrolysis) is 1. The molecule has 0 aromatic heterocycles. The maximum Gasteiger partial charge on any atom is 0.408 e. The second-order valence-electron chi connectivity index (χ2n) is 8.83. The number of hydrogen-bond acceptors (Lipinski definition) is 6. The molecule has 3 amide bonds. The summed E-state index contributed by atoms with van der Waals surface area (Å²) < 4.78 is 10.1. The largest absolute Gasteiger partial charge is 0.467 e. The van der Waals surface area contributed by atoms with Crippen LogP contribution in [0, 0.1) is 11.8 Å². The van der Waals surface area contributed by atoms with Crippen LogP contribution >= 0.6 is 0 Å². The van der Waals surface area contributed by atoms with Crippen LogP contribution in [-0.2, 0) is 23.9 Å². The molecule has 9 nitrogen and oxygen atoms in total. The van der Waals surface area contributed by atoms with Gasteiger partial charge in [-0.3, -0.25) is 9.59 Å². The van der Waals surface area contributed by atoms with Crippen LogP contribution in [-0.4, -0.2) is 55.2 Å². The molecule has 1 saturated heterocycles. The standard InChI is InChI=1S/C20H33N3O6/c1-20(2,3)29-19(27)23-14(10-12-6-5-7-12)17(25)22-15(18(26)28-4)11-13-8-9-21-16(13)24/h12-15H,5-11H2,1-4H3,(H,21,24)(H,22,25)(H,23,27)/t13-,14?,15?/m0/s1. The lowest BCUT2D eigenvalue weighted by atomic mass is 9.80. The van der Waals surface area contributed by atoms with Crippen LogP contribution in [0.5, 0.6) is 0 Å². The number of rotatable bonds is 8. The second kappa shape index (κ2) is 9.93. The number of hydrogen-bond donors (Lipinski definition) is 3. The maximum absolute atomic E-state index is 12.9. The summed E-state index contributed by atoms with van der Waals surface area (Å²) in [7, 11) is 1.24. The van der Waals surface area contributed by atoms with E-state index in [1.807, 2.05) is 0 Å². The number of esters is 1. The molecule has 9 heteroatoms. The third kappa shape index (κ3) is 7.21. The number of amides is 3. The van der Waals surface area contributed by atoms with E-state index in [0.29, 0.717) is 25.3 Å². The fourth-order valence-corrected chi connectivity index (χ4v) is 3.53. The third-order valence-corrected chi connectivity index (χ3v) is 5.29. The van der Waals surface area contributed by atoms with Gasteiger partial charge in [-0.15, -0.1) is 0 Å². The number of methoxy groups -OCH3 is 1. The Labute approximate surface area is 171 Å². The average molecular weight is 411 g/mol. The summed E-state index contributed by atoms with van der Waals surface area (Å²) in [5, 5.41) is 8.03. The van der Waals surface area contributed by atoms with Gasteiger partial charge in [-0.1, -0.05) is 19.3 Å². The highest BCUT2D eigenvalue weighted by molar-refractivity contribution is 5.90. The number of carbonyl (C=O) groups excluding carboxylic acids is 4. The van der Waals surface area contributed by atoms with E-state index in [9.17, 15) is 19.2 Å². The van der Waals surface area contributed by atoms with E-state index in [1.165, 1.54) is 7.11 Å². The SMILES string of the molecule is COC(=O)C(C[C@@H]1CCNC1=O)NC(=O)C(CC1CCC1)NC(=O)OC(C)(C)C. The van der Waals surface area contributed by atoms with E-state index in [1.54, 1.807) is 20.8 Å². The molecule has 0 aromatic rings. The van der Waals surface area contributed by atoms with E-state index in [2.05, 4.69) is 16.0 Å². The highest BCUT2D eigenvalue weighted by atomic mass is 16.6. The Morgan fingerprint density at radius 1 is 1.10 bits per heavy atom. The molecule has 3 atom stereocenters. The first-order valence-corrected chi connectivity index (χ1v) is 10.2. The fourth-order valence-electron chi connectivity index (χ4n) is 3.53. The van der Waals surface area contributed by atoms with E-state index in [-0.39, 0.29) is 18.2 Å². The summed E-state index contributed by atoms with van der Waals surface area (Å²) in [5.41, 5.74) is -0.689. The average Bonchev–Trinajstić information content (AvgIpc) is 2.98. The third-order valence-electron chi connectivity index (χ3n) is 5.29. The molecule has 2 fully saturated rings. The van der Waals surface area contributed by atoms with Crippen molar-refractivity contribution in [3.05, 3.63) is 0 Å². The quantitative estimate of drug-likeness (QED) is 0.517. The van der Waals surface area contributed by atoms with Crippen molar-refractivity contribution in [2.24, 2.45) is 11.8 Å². The molecule has 2 rings (SSSR count). The smallest absolute Gasteiger partial charge is 0.408 e. The molecule has 0 bridgehead atoms. The van der Waals surface area contributed by atoms with Crippen LogP contribution in [0.2, 0.25) is 0 Å². The summed E-state index contributed by atoms with van der Waals surface area (Å²) in [5.74, 6) is -1.23. The Balaban J connectivity index is 2.04. The van der Waals surface area contributed by atoms with Gasteiger partial charge in [0.2, 0.25) is 11.8 Å². The minimum absolute atomic E-state index is 0.133. The summed E-state index contributed by atoms with van der Waals surface area (Å²) in [4.78, 5) is 49.2. The molecule has 1 saturated carbocycles. The van der Waals surface area contributed by atoms with Gasteiger partial charge < -0.3 is 25.4 Å². The summed E-state index contributed by atoms with van der Waals surface area (Å²) in [6.45, 7) is 5.78. The molecule has 2 unspecified atom stereocenters. The molecule has 164 valence electrons. The van der Waals surface area contributed by atoms with Gasteiger partial charge in [-0.2, -0.15) is 0 Å². The lowest BCUT2D eigenvalue weighted by molar-refractivity contribution is -0.146. The zero-order valence-corrected chi connectivity index (χ0v) is 17.7. The number of ether oxygens (including phenoxy) is 2. The molecule has 0 radical (unpaired) electrons. The van der Waals surface area contributed by atoms with Crippen LogP contribution in [0.15, 0.2) is 0 Å². The maximum atomic E-state index is 12.9. The number of carbonyl (C=O) groups is 4. The van der Waals surface area contributed by atoms with Gasteiger partial charge >= 0.3 is 12.1 Å². The van der Waals surface area contributed by atoms with Crippen molar-refractivity contribution in [3.63, 3.8) is 0 Å². The van der Waals surface area contributed by atoms with Crippen molar-refractivity contribution in [2.45, 2.75) is 77.0 Å². The topological polar surface area (TPSA) is 123 Å². The van der Waals surface area contributed by atoms with Gasteiger partial charge in [-0.25, -0.2) is 9.59 Å². The van der Waals surface area contributed by atoms with Gasteiger partial charge in [0.05, 0.1) is 7.11 Å². The minimum Gasteiger partial charge on any atom is -0.467 e. The highest BCUT2D eigenvalue weighted by Crippen LogP contribution is 2.30. The minimum atomic E-state index is -0.953. The van der Waals surface area contributed by atoms with Crippen LogP contribution in [0.4, 0.5) is 4.79 Å². The zero-order chi connectivity index (χ0) is 21.6. The van der Waals surface area contributed by atoms with E-state index < -0.39 is 35.7 Å². The first-order valence-electron chi connectivity index (χ1n) is 10.2. The van der Waals surface area contributed by atoms with Gasteiger partial charge in [-0.05, 0) is 46.0 Å². The lowest BCUT2D eigenvalue weighted by Crippen LogP contribution is -2.53. The molecular formula is C20H33N3O6. The predicted octanol–water partition coefficient (Wildman–Crippen LogP) is 1.25. The molecule has 1 heterocycles. The first kappa shape index (κ1) is 23.0. The van der Waals surface area contributed by atoms with Gasteiger partial charge in [0.15, 0.2) is 0 Å². The first-order chi connectivity index (χ1) is 13.6. The molecular weight excluding hydrogens is 378 g/mol.